The van der Waals surface area contributed by atoms with Gasteiger partial charge in [0.1, 0.15) is 0 Å². The highest BCUT2D eigenvalue weighted by Gasteiger charge is 2.22. The van der Waals surface area contributed by atoms with Crippen molar-refractivity contribution in [1.82, 2.24) is 19.7 Å². The number of aromatic nitrogens is 3. The van der Waals surface area contributed by atoms with Crippen LogP contribution in [-0.4, -0.2) is 49.2 Å². The summed E-state index contributed by atoms with van der Waals surface area (Å²) in [6, 6.07) is 15.1. The van der Waals surface area contributed by atoms with E-state index in [0.29, 0.717) is 23.4 Å². The molecule has 176 valence electrons. The summed E-state index contributed by atoms with van der Waals surface area (Å²) in [7, 11) is 0. The summed E-state index contributed by atoms with van der Waals surface area (Å²) in [6.07, 6.45) is 7.18. The van der Waals surface area contributed by atoms with Crippen LogP contribution in [0.25, 0.3) is 16.7 Å². The van der Waals surface area contributed by atoms with Gasteiger partial charge in [0, 0.05) is 30.6 Å². The first-order valence-electron chi connectivity index (χ1n) is 11.8. The smallest absolute Gasteiger partial charge is 0.251 e. The quantitative estimate of drug-likeness (QED) is 0.337. The van der Waals surface area contributed by atoms with E-state index in [1.165, 1.54) is 0 Å². The number of fused-ring (bicyclic) bond motifs is 3. The maximum atomic E-state index is 13.1. The Labute approximate surface area is 197 Å². The highest BCUT2D eigenvalue weighted by molar-refractivity contribution is 5.98. The molecule has 2 aromatic heterocycles. The molecule has 1 fully saturated rings. The highest BCUT2D eigenvalue weighted by atomic mass is 16.3. The summed E-state index contributed by atoms with van der Waals surface area (Å²) in [5, 5.41) is 25.8. The van der Waals surface area contributed by atoms with E-state index in [1.807, 2.05) is 53.1 Å². The minimum absolute atomic E-state index is 0.0210. The fraction of sp³-hybridized carbons (Fsp3) is 0.346. The Kier molecular flexibility index (Phi) is 6.42. The van der Waals surface area contributed by atoms with Gasteiger partial charge >= 0.3 is 0 Å². The number of benzene rings is 2. The van der Waals surface area contributed by atoms with Crippen molar-refractivity contribution >= 4 is 28.4 Å². The molecule has 0 unspecified atom stereocenters. The van der Waals surface area contributed by atoms with Gasteiger partial charge in [0.15, 0.2) is 11.5 Å². The van der Waals surface area contributed by atoms with Crippen LogP contribution in [0.5, 0.6) is 0 Å². The number of hydrogen-bond donors (Lipinski definition) is 4. The molecule has 0 spiro atoms. The zero-order valence-electron chi connectivity index (χ0n) is 18.9. The molecule has 4 N–H and O–H groups in total. The second-order valence-corrected chi connectivity index (χ2v) is 8.88. The van der Waals surface area contributed by atoms with Crippen LogP contribution in [0.2, 0.25) is 0 Å². The molecule has 4 aromatic rings. The summed E-state index contributed by atoms with van der Waals surface area (Å²) in [5.74, 6) is 0.503. The SMILES string of the molecule is O=C(N[C@H](CCO)c1ccccc1)c1ccc2nc(NC3CCC(O)CC3)c3nccn3c2c1. The predicted molar refractivity (Wildman–Crippen MR) is 131 cm³/mol. The lowest BCUT2D eigenvalue weighted by molar-refractivity contribution is 0.0930. The van der Waals surface area contributed by atoms with Crippen molar-refractivity contribution in [2.75, 3.05) is 11.9 Å². The fourth-order valence-electron chi connectivity index (χ4n) is 4.68. The molecule has 8 nitrogen and oxygen atoms in total. The number of nitrogens with one attached hydrogen (secondary N) is 2. The third-order valence-corrected chi connectivity index (χ3v) is 6.54. The van der Waals surface area contributed by atoms with Gasteiger partial charge in [-0.1, -0.05) is 30.3 Å². The first-order chi connectivity index (χ1) is 16.6. The Morgan fingerprint density at radius 1 is 1.12 bits per heavy atom. The number of carbonyl (C=O) groups is 1. The molecule has 2 heterocycles. The minimum atomic E-state index is -0.277. The summed E-state index contributed by atoms with van der Waals surface area (Å²) in [4.78, 5) is 22.4. The van der Waals surface area contributed by atoms with Gasteiger partial charge in [-0.15, -0.1) is 0 Å². The van der Waals surface area contributed by atoms with Crippen LogP contribution in [0.1, 0.15) is 54.1 Å². The maximum absolute atomic E-state index is 13.1. The molecule has 8 heteroatoms. The molecule has 0 aliphatic heterocycles. The van der Waals surface area contributed by atoms with Gasteiger partial charge in [-0.05, 0) is 55.9 Å². The number of aliphatic hydroxyl groups excluding tert-OH is 2. The molecule has 5 rings (SSSR count). The Morgan fingerprint density at radius 3 is 2.68 bits per heavy atom. The lowest BCUT2D eigenvalue weighted by Crippen LogP contribution is -2.29. The summed E-state index contributed by atoms with van der Waals surface area (Å²) in [6.45, 7) is -0.0210. The molecular weight excluding hydrogens is 430 g/mol. The highest BCUT2D eigenvalue weighted by Crippen LogP contribution is 2.26. The number of nitrogens with zero attached hydrogens (tertiary/aromatic N) is 3. The molecule has 2 aromatic carbocycles. The number of imidazole rings is 1. The zero-order valence-corrected chi connectivity index (χ0v) is 18.9. The second-order valence-electron chi connectivity index (χ2n) is 8.88. The Morgan fingerprint density at radius 2 is 1.91 bits per heavy atom. The van der Waals surface area contributed by atoms with Crippen molar-refractivity contribution < 1.29 is 15.0 Å². The van der Waals surface area contributed by atoms with Gasteiger partial charge in [-0.2, -0.15) is 0 Å². The number of rotatable bonds is 7. The van der Waals surface area contributed by atoms with Gasteiger partial charge in [-0.25, -0.2) is 9.97 Å². The molecule has 1 aliphatic carbocycles. The third-order valence-electron chi connectivity index (χ3n) is 6.54. The predicted octanol–water partition coefficient (Wildman–Crippen LogP) is 3.45. The number of carbonyl (C=O) groups excluding carboxylic acids is 1. The van der Waals surface area contributed by atoms with Crippen LogP contribution in [-0.2, 0) is 0 Å². The normalized spacial score (nSPS) is 19.2. The van der Waals surface area contributed by atoms with Crippen molar-refractivity contribution in [3.8, 4) is 0 Å². The molecule has 1 amide bonds. The lowest BCUT2D eigenvalue weighted by atomic mass is 9.93. The minimum Gasteiger partial charge on any atom is -0.396 e. The Hall–Kier alpha value is -3.49. The molecule has 0 bridgehead atoms. The van der Waals surface area contributed by atoms with E-state index < -0.39 is 0 Å². The molecule has 0 radical (unpaired) electrons. The number of hydrogen-bond acceptors (Lipinski definition) is 6. The molecule has 1 atom stereocenters. The molecule has 1 aliphatic rings. The van der Waals surface area contributed by atoms with Gasteiger partial charge in [0.25, 0.3) is 5.91 Å². The van der Waals surface area contributed by atoms with Gasteiger partial charge < -0.3 is 20.8 Å². The van der Waals surface area contributed by atoms with Crippen molar-refractivity contribution in [2.45, 2.75) is 50.3 Å². The first-order valence-corrected chi connectivity index (χ1v) is 11.8. The van der Waals surface area contributed by atoms with E-state index in [0.717, 1.165) is 42.3 Å². The Balaban J connectivity index is 1.42. The van der Waals surface area contributed by atoms with E-state index in [4.69, 9.17) is 4.98 Å². The average molecular weight is 460 g/mol. The summed E-state index contributed by atoms with van der Waals surface area (Å²) < 4.78 is 1.95. The topological polar surface area (TPSA) is 112 Å². The summed E-state index contributed by atoms with van der Waals surface area (Å²) >= 11 is 0. The molecule has 0 saturated heterocycles. The lowest BCUT2D eigenvalue weighted by Gasteiger charge is -2.26. The van der Waals surface area contributed by atoms with E-state index in [9.17, 15) is 15.0 Å². The van der Waals surface area contributed by atoms with E-state index in [1.54, 1.807) is 12.3 Å². The van der Waals surface area contributed by atoms with Crippen LogP contribution >= 0.6 is 0 Å². The van der Waals surface area contributed by atoms with Gasteiger partial charge in [0.2, 0.25) is 0 Å². The van der Waals surface area contributed by atoms with Gasteiger partial charge in [-0.3, -0.25) is 9.20 Å². The van der Waals surface area contributed by atoms with Gasteiger partial charge in [0.05, 0.1) is 23.2 Å². The van der Waals surface area contributed by atoms with Crippen LogP contribution in [0, 0.1) is 0 Å². The first kappa shape index (κ1) is 22.3. The van der Waals surface area contributed by atoms with Crippen LogP contribution < -0.4 is 10.6 Å². The van der Waals surface area contributed by atoms with Crippen molar-refractivity contribution in [2.24, 2.45) is 0 Å². The maximum Gasteiger partial charge on any atom is 0.251 e. The molecule has 1 saturated carbocycles. The number of anilines is 1. The third kappa shape index (κ3) is 4.60. The monoisotopic (exact) mass is 459 g/mol. The standard InChI is InChI=1S/C26H29N5O3/c32-15-12-21(17-4-2-1-3-5-17)30-26(34)18-6-11-22-23(16-18)31-14-13-27-25(31)24(29-22)28-19-7-9-20(33)10-8-19/h1-6,11,13-14,16,19-21,32-33H,7-10,12,15H2,(H,28,29)(H,30,34)/t19?,20?,21-/m1/s1. The largest absolute Gasteiger partial charge is 0.396 e. The van der Waals surface area contributed by atoms with Crippen LogP contribution in [0.3, 0.4) is 0 Å². The van der Waals surface area contributed by atoms with E-state index in [-0.39, 0.29) is 30.7 Å². The fourth-order valence-corrected chi connectivity index (χ4v) is 4.68. The molecular formula is C26H29N5O3. The Bertz CT molecular complexity index is 1280. The van der Waals surface area contributed by atoms with Crippen molar-refractivity contribution in [3.05, 3.63) is 72.1 Å². The van der Waals surface area contributed by atoms with E-state index in [2.05, 4.69) is 15.6 Å². The van der Waals surface area contributed by atoms with Crippen LogP contribution in [0.4, 0.5) is 5.82 Å². The summed E-state index contributed by atoms with van der Waals surface area (Å²) in [5.41, 5.74) is 3.73. The molecule has 34 heavy (non-hydrogen) atoms. The number of aliphatic hydroxyl groups is 2. The zero-order chi connectivity index (χ0) is 23.5. The van der Waals surface area contributed by atoms with Crippen LogP contribution in [0.15, 0.2) is 60.9 Å². The van der Waals surface area contributed by atoms with Crippen molar-refractivity contribution in [1.29, 1.82) is 0 Å². The van der Waals surface area contributed by atoms with Crippen molar-refractivity contribution in [3.63, 3.8) is 0 Å². The number of amides is 1. The second kappa shape index (κ2) is 9.79. The van der Waals surface area contributed by atoms with E-state index >= 15 is 0 Å². The average Bonchev–Trinajstić information content (AvgIpc) is 3.36.